The number of benzene rings is 2. The van der Waals surface area contributed by atoms with Gasteiger partial charge in [-0.2, -0.15) is 0 Å². The fraction of sp³-hybridized carbons (Fsp3) is 0.469. The maximum Gasteiger partial charge on any atom is 0.234 e. The van der Waals surface area contributed by atoms with E-state index in [0.717, 1.165) is 5.56 Å². The van der Waals surface area contributed by atoms with E-state index in [9.17, 15) is 19.1 Å². The number of hydrogen-bond donors (Lipinski definition) is 2. The van der Waals surface area contributed by atoms with Crippen LogP contribution in [0.5, 0.6) is 0 Å². The van der Waals surface area contributed by atoms with Crippen LogP contribution in [0.25, 0.3) is 10.9 Å². The van der Waals surface area contributed by atoms with E-state index in [-0.39, 0.29) is 23.8 Å². The van der Waals surface area contributed by atoms with Gasteiger partial charge in [-0.3, -0.25) is 24.8 Å². The van der Waals surface area contributed by atoms with Crippen LogP contribution in [0.4, 0.5) is 8.78 Å². The van der Waals surface area contributed by atoms with Gasteiger partial charge in [-0.15, -0.1) is 0 Å². The van der Waals surface area contributed by atoms with Crippen molar-refractivity contribution >= 4 is 22.7 Å². The molecule has 9 heteroatoms. The average molecular weight is 566 g/mol. The van der Waals surface area contributed by atoms with Gasteiger partial charge in [0.05, 0.1) is 17.0 Å². The SMILES string of the molecule is CC.CC(C)(O)c1ccc(CN2CCC3(c4ccc5ncc(C6CCC(=O)NC6=O)cc5c4F)OC3(C)C2)cc1F. The number of aromatic nitrogens is 1. The molecule has 41 heavy (non-hydrogen) atoms. The smallest absolute Gasteiger partial charge is 0.234 e. The molecule has 218 valence electrons. The van der Waals surface area contributed by atoms with E-state index in [4.69, 9.17) is 4.74 Å². The van der Waals surface area contributed by atoms with Gasteiger partial charge in [0.2, 0.25) is 11.8 Å². The average Bonchev–Trinajstić information content (AvgIpc) is 3.55. The van der Waals surface area contributed by atoms with Crippen LogP contribution >= 0.6 is 0 Å². The quantitative estimate of drug-likeness (QED) is 0.327. The predicted octanol–water partition coefficient (Wildman–Crippen LogP) is 5.18. The number of epoxide rings is 1. The number of pyridine rings is 1. The summed E-state index contributed by atoms with van der Waals surface area (Å²) in [4.78, 5) is 30.5. The van der Waals surface area contributed by atoms with Crippen molar-refractivity contribution in [3.05, 3.63) is 76.5 Å². The van der Waals surface area contributed by atoms with Crippen LogP contribution in [0.15, 0.2) is 42.6 Å². The van der Waals surface area contributed by atoms with Crippen LogP contribution in [0, 0.1) is 11.6 Å². The zero-order valence-corrected chi connectivity index (χ0v) is 24.2. The number of rotatable bonds is 5. The lowest BCUT2D eigenvalue weighted by Gasteiger charge is -2.33. The molecule has 0 saturated carbocycles. The van der Waals surface area contributed by atoms with Crippen molar-refractivity contribution in [3.8, 4) is 0 Å². The van der Waals surface area contributed by atoms with Gasteiger partial charge in [0.15, 0.2) is 0 Å². The number of imide groups is 1. The molecule has 4 heterocycles. The molecular weight excluding hydrogens is 528 g/mol. The summed E-state index contributed by atoms with van der Waals surface area (Å²) >= 11 is 0. The number of halogens is 2. The molecule has 0 spiro atoms. The number of ether oxygens (including phenoxy) is 1. The highest BCUT2D eigenvalue weighted by atomic mass is 19.1. The first-order chi connectivity index (χ1) is 19.4. The van der Waals surface area contributed by atoms with Gasteiger partial charge in [-0.1, -0.05) is 32.0 Å². The largest absolute Gasteiger partial charge is 0.386 e. The standard InChI is InChI=1S/C30H31F2N3O4.C2H6/c1-28(2,38)21-6-4-17(12-23(21)31)15-35-11-10-30(29(3,16-35)39-30)22-7-8-24-20(26(22)32)13-18(14-33-24)19-5-9-25(36)34-27(19)37;1-2/h4,6-8,12-14,19,38H,5,9-11,15-16H2,1-3H3,(H,34,36,37);1-2H3. The summed E-state index contributed by atoms with van der Waals surface area (Å²) in [6.45, 7) is 10.8. The third-order valence-corrected chi connectivity index (χ3v) is 8.51. The van der Waals surface area contributed by atoms with Crippen LogP contribution in [0.1, 0.15) is 82.1 Å². The molecule has 3 atom stereocenters. The summed E-state index contributed by atoms with van der Waals surface area (Å²) in [6.07, 6.45) is 2.74. The van der Waals surface area contributed by atoms with Gasteiger partial charge in [-0.05, 0) is 62.9 Å². The van der Waals surface area contributed by atoms with Crippen LogP contribution in [-0.2, 0) is 32.1 Å². The van der Waals surface area contributed by atoms with E-state index < -0.39 is 34.4 Å². The van der Waals surface area contributed by atoms with Crippen molar-refractivity contribution in [1.82, 2.24) is 15.2 Å². The first-order valence-electron chi connectivity index (χ1n) is 14.3. The molecule has 2 amide bonds. The molecule has 7 nitrogen and oxygen atoms in total. The third-order valence-electron chi connectivity index (χ3n) is 8.51. The molecular formula is C32H37F2N3O4. The molecule has 0 aliphatic carbocycles. The molecule has 3 unspecified atom stereocenters. The highest BCUT2D eigenvalue weighted by molar-refractivity contribution is 6.01. The zero-order chi connectivity index (χ0) is 29.7. The Labute approximate surface area is 238 Å². The molecule has 0 bridgehead atoms. The fourth-order valence-corrected chi connectivity index (χ4v) is 6.37. The van der Waals surface area contributed by atoms with E-state index >= 15 is 4.39 Å². The number of aliphatic hydroxyl groups is 1. The van der Waals surface area contributed by atoms with Gasteiger partial charge in [0, 0.05) is 48.8 Å². The lowest BCUT2D eigenvalue weighted by atomic mass is 9.80. The van der Waals surface area contributed by atoms with E-state index in [1.54, 1.807) is 44.3 Å². The molecule has 3 fully saturated rings. The highest BCUT2D eigenvalue weighted by Gasteiger charge is 2.70. The number of carbonyl (C=O) groups excluding carboxylic acids is 2. The summed E-state index contributed by atoms with van der Waals surface area (Å²) in [7, 11) is 0. The minimum atomic E-state index is -1.26. The summed E-state index contributed by atoms with van der Waals surface area (Å²) in [5.74, 6) is -2.08. The van der Waals surface area contributed by atoms with Gasteiger partial charge >= 0.3 is 0 Å². The van der Waals surface area contributed by atoms with E-state index in [0.29, 0.717) is 54.5 Å². The van der Waals surface area contributed by atoms with Crippen molar-refractivity contribution in [2.24, 2.45) is 0 Å². The molecule has 3 aromatic rings. The third kappa shape index (κ3) is 5.15. The Hall–Kier alpha value is -3.27. The van der Waals surface area contributed by atoms with Crippen LogP contribution < -0.4 is 5.32 Å². The first kappa shape index (κ1) is 29.2. The molecule has 2 aromatic carbocycles. The van der Waals surface area contributed by atoms with Crippen molar-refractivity contribution in [2.45, 2.75) is 83.1 Å². The maximum atomic E-state index is 16.1. The van der Waals surface area contributed by atoms with Crippen molar-refractivity contribution in [1.29, 1.82) is 0 Å². The van der Waals surface area contributed by atoms with Gasteiger partial charge in [0.25, 0.3) is 0 Å². The summed E-state index contributed by atoms with van der Waals surface area (Å²) in [5.41, 5.74) is -0.0598. The molecule has 3 aliphatic heterocycles. The number of nitrogens with one attached hydrogen (secondary N) is 1. The monoisotopic (exact) mass is 565 g/mol. The minimum Gasteiger partial charge on any atom is -0.386 e. The number of likely N-dealkylation sites (tertiary alicyclic amines) is 1. The number of hydrogen-bond acceptors (Lipinski definition) is 6. The van der Waals surface area contributed by atoms with E-state index in [2.05, 4.69) is 15.2 Å². The molecule has 3 aliphatic rings. The van der Waals surface area contributed by atoms with E-state index in [1.807, 2.05) is 26.8 Å². The van der Waals surface area contributed by atoms with Crippen molar-refractivity contribution in [2.75, 3.05) is 13.1 Å². The minimum absolute atomic E-state index is 0.235. The normalized spacial score (nSPS) is 26.2. The Bertz CT molecular complexity index is 1520. The molecule has 1 aromatic heterocycles. The van der Waals surface area contributed by atoms with Crippen LogP contribution in [0.2, 0.25) is 0 Å². The number of piperidine rings is 2. The van der Waals surface area contributed by atoms with Crippen LogP contribution in [-0.4, -0.2) is 45.5 Å². The summed E-state index contributed by atoms with van der Waals surface area (Å²) < 4.78 is 37.0. The molecule has 2 N–H and O–H groups in total. The number of nitrogens with zero attached hydrogens (tertiary/aromatic N) is 2. The number of fused-ring (bicyclic) bond motifs is 2. The lowest BCUT2D eigenvalue weighted by molar-refractivity contribution is -0.134. The Morgan fingerprint density at radius 3 is 2.59 bits per heavy atom. The molecule has 0 radical (unpaired) electrons. The summed E-state index contributed by atoms with van der Waals surface area (Å²) in [5, 5.41) is 12.8. The zero-order valence-electron chi connectivity index (χ0n) is 24.2. The van der Waals surface area contributed by atoms with Crippen molar-refractivity contribution < 1.29 is 28.2 Å². The van der Waals surface area contributed by atoms with Gasteiger partial charge in [0.1, 0.15) is 22.8 Å². The second-order valence-electron chi connectivity index (χ2n) is 11.8. The van der Waals surface area contributed by atoms with Gasteiger partial charge in [-0.25, -0.2) is 8.78 Å². The van der Waals surface area contributed by atoms with Gasteiger partial charge < -0.3 is 9.84 Å². The van der Waals surface area contributed by atoms with E-state index in [1.165, 1.54) is 6.07 Å². The first-order valence-corrected chi connectivity index (χ1v) is 14.3. The maximum absolute atomic E-state index is 16.1. The predicted molar refractivity (Wildman–Crippen MR) is 151 cm³/mol. The lowest BCUT2D eigenvalue weighted by Crippen LogP contribution is -2.44. The highest BCUT2D eigenvalue weighted by Crippen LogP contribution is 2.61. The Morgan fingerprint density at radius 2 is 1.93 bits per heavy atom. The van der Waals surface area contributed by atoms with Crippen LogP contribution in [0.3, 0.4) is 0 Å². The Kier molecular flexibility index (Phi) is 7.51. The summed E-state index contributed by atoms with van der Waals surface area (Å²) in [6, 6.07) is 10.1. The topological polar surface area (TPSA) is 95.1 Å². The second-order valence-corrected chi connectivity index (χ2v) is 11.8. The molecule has 6 rings (SSSR count). The second kappa shape index (κ2) is 10.5. The number of amides is 2. The number of carbonyl (C=O) groups is 2. The Morgan fingerprint density at radius 1 is 1.17 bits per heavy atom. The Balaban J connectivity index is 0.00000165. The fourth-order valence-electron chi connectivity index (χ4n) is 6.37. The van der Waals surface area contributed by atoms with Crippen molar-refractivity contribution in [3.63, 3.8) is 0 Å². The molecule has 3 saturated heterocycles.